The summed E-state index contributed by atoms with van der Waals surface area (Å²) in [7, 11) is 0. The molecule has 31 heavy (non-hydrogen) atoms. The van der Waals surface area contributed by atoms with Crippen LogP contribution in [0.3, 0.4) is 0 Å². The molecule has 0 aliphatic carbocycles. The lowest BCUT2D eigenvalue weighted by Crippen LogP contribution is -2.47. The number of hydrogen-bond acceptors (Lipinski definition) is 5. The normalized spacial score (nSPS) is 19.4. The predicted octanol–water partition coefficient (Wildman–Crippen LogP) is 4.08. The number of nitrogens with one attached hydrogen (secondary N) is 3. The van der Waals surface area contributed by atoms with E-state index in [4.69, 9.17) is 11.6 Å². The van der Waals surface area contributed by atoms with E-state index in [9.17, 15) is 27.2 Å². The Kier molecular flexibility index (Phi) is 6.87. The first-order valence-corrected chi connectivity index (χ1v) is 10.6. The van der Waals surface area contributed by atoms with Gasteiger partial charge in [-0.05, 0) is 11.6 Å². The van der Waals surface area contributed by atoms with Gasteiger partial charge in [-0.25, -0.2) is 9.37 Å². The molecule has 168 valence electrons. The molecule has 6 nitrogen and oxygen atoms in total. The maximum atomic E-state index is 14.6. The van der Waals surface area contributed by atoms with Gasteiger partial charge >= 0.3 is 6.18 Å². The molecular formula is C19H19ClF4N4O2S. The molecule has 0 spiro atoms. The van der Waals surface area contributed by atoms with E-state index in [-0.39, 0.29) is 40.4 Å². The fourth-order valence-corrected chi connectivity index (χ4v) is 4.22. The van der Waals surface area contributed by atoms with Crippen molar-refractivity contribution >= 4 is 34.8 Å². The van der Waals surface area contributed by atoms with Crippen LogP contribution < -0.4 is 16.0 Å². The summed E-state index contributed by atoms with van der Waals surface area (Å²) in [6.45, 7) is 3.49. The molecule has 0 saturated carbocycles. The van der Waals surface area contributed by atoms with Crippen molar-refractivity contribution in [2.24, 2.45) is 5.92 Å². The van der Waals surface area contributed by atoms with E-state index in [2.05, 4.69) is 20.9 Å². The van der Waals surface area contributed by atoms with E-state index in [1.54, 1.807) is 13.8 Å². The minimum absolute atomic E-state index is 0.00220. The van der Waals surface area contributed by atoms with Crippen LogP contribution in [0.1, 0.15) is 54.3 Å². The zero-order valence-corrected chi connectivity index (χ0v) is 18.0. The molecule has 0 radical (unpaired) electrons. The van der Waals surface area contributed by atoms with Gasteiger partial charge in [0.1, 0.15) is 17.0 Å². The highest BCUT2D eigenvalue weighted by molar-refractivity contribution is 7.09. The third-order valence-electron chi connectivity index (χ3n) is 4.65. The monoisotopic (exact) mass is 478 g/mol. The minimum Gasteiger partial charge on any atom is -0.352 e. The molecule has 0 bridgehead atoms. The second-order valence-corrected chi connectivity index (χ2v) is 8.57. The van der Waals surface area contributed by atoms with Gasteiger partial charge in [0.25, 0.3) is 0 Å². The van der Waals surface area contributed by atoms with E-state index in [0.29, 0.717) is 5.56 Å². The molecule has 3 N–H and O–H groups in total. The molecule has 1 aliphatic heterocycles. The van der Waals surface area contributed by atoms with Crippen molar-refractivity contribution in [1.29, 1.82) is 0 Å². The molecule has 1 saturated heterocycles. The Morgan fingerprint density at radius 1 is 1.39 bits per heavy atom. The van der Waals surface area contributed by atoms with Gasteiger partial charge in [0.05, 0.1) is 11.1 Å². The second kappa shape index (κ2) is 9.09. The summed E-state index contributed by atoms with van der Waals surface area (Å²) in [5.74, 6) is -1.67. The second-order valence-electron chi connectivity index (χ2n) is 7.30. The SMILES string of the molecule is CC(C)C(=O)NCc1ccc(F)c(C2NC(=O)CC(c3nc(C(F)(F)F)cs3)N2)c1Cl. The van der Waals surface area contributed by atoms with Gasteiger partial charge < -0.3 is 10.6 Å². The number of thiazole rings is 1. The van der Waals surface area contributed by atoms with Gasteiger partial charge in [0, 0.05) is 29.8 Å². The van der Waals surface area contributed by atoms with Crippen LogP contribution in [0.25, 0.3) is 0 Å². The van der Waals surface area contributed by atoms with Crippen LogP contribution in [-0.4, -0.2) is 16.8 Å². The largest absolute Gasteiger partial charge is 0.434 e. The molecular weight excluding hydrogens is 460 g/mol. The number of amides is 2. The number of halogens is 5. The number of rotatable bonds is 5. The van der Waals surface area contributed by atoms with Crippen LogP contribution in [0, 0.1) is 11.7 Å². The number of aromatic nitrogens is 1. The van der Waals surface area contributed by atoms with Crippen LogP contribution in [0.15, 0.2) is 17.5 Å². The lowest BCUT2D eigenvalue weighted by atomic mass is 10.0. The molecule has 2 amide bonds. The topological polar surface area (TPSA) is 83.1 Å². The molecule has 1 aromatic carbocycles. The van der Waals surface area contributed by atoms with Gasteiger partial charge in [-0.2, -0.15) is 13.2 Å². The summed E-state index contributed by atoms with van der Waals surface area (Å²) >= 11 is 7.13. The third kappa shape index (κ3) is 5.34. The first-order chi connectivity index (χ1) is 14.5. The smallest absolute Gasteiger partial charge is 0.352 e. The van der Waals surface area contributed by atoms with Crippen molar-refractivity contribution in [3.63, 3.8) is 0 Å². The summed E-state index contributed by atoms with van der Waals surface area (Å²) in [6, 6.07) is 1.72. The number of carbonyl (C=O) groups is 2. The molecule has 2 unspecified atom stereocenters. The summed E-state index contributed by atoms with van der Waals surface area (Å²) in [5, 5.41) is 9.07. The van der Waals surface area contributed by atoms with Crippen LogP contribution in [0.2, 0.25) is 5.02 Å². The van der Waals surface area contributed by atoms with Crippen molar-refractivity contribution in [3.05, 3.63) is 50.2 Å². The lowest BCUT2D eigenvalue weighted by molar-refractivity contribution is -0.140. The average Bonchev–Trinajstić information content (AvgIpc) is 3.17. The highest BCUT2D eigenvalue weighted by Crippen LogP contribution is 2.36. The first-order valence-electron chi connectivity index (χ1n) is 9.30. The Morgan fingerprint density at radius 3 is 2.71 bits per heavy atom. The minimum atomic E-state index is -4.60. The molecule has 2 aromatic rings. The van der Waals surface area contributed by atoms with Crippen LogP contribution in [0.5, 0.6) is 0 Å². The first kappa shape index (κ1) is 23.4. The van der Waals surface area contributed by atoms with Gasteiger partial charge in [-0.1, -0.05) is 31.5 Å². The van der Waals surface area contributed by atoms with Gasteiger partial charge in [0.15, 0.2) is 5.69 Å². The zero-order chi connectivity index (χ0) is 22.9. The molecule has 1 fully saturated rings. The molecule has 2 heterocycles. The molecule has 12 heteroatoms. The fraction of sp³-hybridized carbons (Fsp3) is 0.421. The summed E-state index contributed by atoms with van der Waals surface area (Å²) in [4.78, 5) is 27.6. The maximum Gasteiger partial charge on any atom is 0.434 e. The summed E-state index contributed by atoms with van der Waals surface area (Å²) < 4.78 is 53.2. The highest BCUT2D eigenvalue weighted by Gasteiger charge is 2.37. The highest BCUT2D eigenvalue weighted by atomic mass is 35.5. The van der Waals surface area contributed by atoms with Crippen molar-refractivity contribution in [2.45, 2.75) is 45.2 Å². The standard InChI is InChI=1S/C19H19ClF4N4O2S/c1-8(2)17(30)25-6-9-3-4-10(21)14(15(9)20)16-26-11(5-13(29)28-16)18-27-12(7-31-18)19(22,23)24/h3-4,7-8,11,16,26H,5-6H2,1-2H3,(H,25,30)(H,28,29). The van der Waals surface area contributed by atoms with Gasteiger partial charge in [-0.15, -0.1) is 11.3 Å². The molecule has 1 aliphatic rings. The van der Waals surface area contributed by atoms with E-state index in [0.717, 1.165) is 22.8 Å². The van der Waals surface area contributed by atoms with E-state index < -0.39 is 35.8 Å². The van der Waals surface area contributed by atoms with Crippen molar-refractivity contribution in [3.8, 4) is 0 Å². The zero-order valence-electron chi connectivity index (χ0n) is 16.4. The lowest BCUT2D eigenvalue weighted by Gasteiger charge is -2.32. The van der Waals surface area contributed by atoms with E-state index in [1.807, 2.05) is 0 Å². The Labute approximate surface area is 184 Å². The van der Waals surface area contributed by atoms with Crippen LogP contribution in [0.4, 0.5) is 17.6 Å². The quantitative estimate of drug-likeness (QED) is 0.566. The Balaban J connectivity index is 1.86. The van der Waals surface area contributed by atoms with Crippen molar-refractivity contribution in [2.75, 3.05) is 0 Å². The van der Waals surface area contributed by atoms with Gasteiger partial charge in [0.2, 0.25) is 11.8 Å². The Bertz CT molecular complexity index is 996. The Hall–Kier alpha value is -2.24. The van der Waals surface area contributed by atoms with Crippen molar-refractivity contribution < 1.29 is 27.2 Å². The maximum absolute atomic E-state index is 14.6. The average molecular weight is 479 g/mol. The summed E-state index contributed by atoms with van der Waals surface area (Å²) in [5.41, 5.74) is -0.689. The number of hydrogen-bond donors (Lipinski definition) is 3. The number of carbonyl (C=O) groups excluding carboxylic acids is 2. The number of nitrogens with zero attached hydrogens (tertiary/aromatic N) is 1. The fourth-order valence-electron chi connectivity index (χ4n) is 3.00. The molecule has 2 atom stereocenters. The van der Waals surface area contributed by atoms with Crippen LogP contribution in [-0.2, 0) is 22.3 Å². The Morgan fingerprint density at radius 2 is 2.10 bits per heavy atom. The number of alkyl halides is 3. The predicted molar refractivity (Wildman–Crippen MR) is 107 cm³/mol. The van der Waals surface area contributed by atoms with Crippen molar-refractivity contribution in [1.82, 2.24) is 20.9 Å². The summed E-state index contributed by atoms with van der Waals surface area (Å²) in [6.07, 6.45) is -5.85. The number of benzene rings is 1. The third-order valence-corrected chi connectivity index (χ3v) is 6.05. The van der Waals surface area contributed by atoms with E-state index in [1.165, 1.54) is 6.07 Å². The van der Waals surface area contributed by atoms with Gasteiger partial charge in [-0.3, -0.25) is 14.9 Å². The van der Waals surface area contributed by atoms with Crippen LogP contribution >= 0.6 is 22.9 Å². The molecule has 3 rings (SSSR count). The molecule has 1 aromatic heterocycles. The van der Waals surface area contributed by atoms with E-state index >= 15 is 0 Å².